The van der Waals surface area contributed by atoms with Crippen molar-refractivity contribution in [2.75, 3.05) is 46.4 Å². The van der Waals surface area contributed by atoms with Crippen LogP contribution >= 0.6 is 0 Å². The molecule has 5 rings (SSSR count). The van der Waals surface area contributed by atoms with Gasteiger partial charge < -0.3 is 46.0 Å². The lowest BCUT2D eigenvalue weighted by molar-refractivity contribution is -0.137. The van der Waals surface area contributed by atoms with Crippen molar-refractivity contribution in [3.05, 3.63) is 23.3 Å². The number of likely N-dealkylation sites (tertiary alicyclic amines) is 1. The standard InChI is InChI=1S/C27H34N6O9/c1-33-7-6-27-15-3-4-16(26(27)42-25-18(34)5-2-14(24(25)27)8-17(15)33)32-41-13-22(38)30-11-20(36)28-9-19(35)29-10-21(37)31-12-23(39)40/h2,5,15,17,26,34H,3-4,6-13H2,1H3,(H,28,36)(H,29,35)(H,30,38)(H,31,37)(H,39,40)/b32-16+/t15?,17?,26-,27?/m0/s1. The number of likely N-dealkylation sites (N-methyl/N-ethyl adjacent to an activating group) is 1. The SMILES string of the molecule is CN1CCC23c4c5ccc(O)c4O[C@H]2/C(=N/OCC(=O)NCC(=O)NCC(=O)NCC(=O)NCC(=O)O)CCC3C1C5. The predicted molar refractivity (Wildman–Crippen MR) is 145 cm³/mol. The largest absolute Gasteiger partial charge is 0.504 e. The van der Waals surface area contributed by atoms with Gasteiger partial charge in [0.05, 0.1) is 25.3 Å². The number of aromatic hydroxyl groups is 1. The van der Waals surface area contributed by atoms with Gasteiger partial charge in [-0.1, -0.05) is 11.2 Å². The molecule has 3 unspecified atom stereocenters. The third kappa shape index (κ3) is 5.55. The first-order valence-corrected chi connectivity index (χ1v) is 13.8. The number of aliphatic carboxylic acids is 1. The number of carboxylic acid groups (broad SMARTS) is 1. The zero-order valence-electron chi connectivity index (χ0n) is 23.1. The summed E-state index contributed by atoms with van der Waals surface area (Å²) in [5.41, 5.74) is 2.67. The Morgan fingerprint density at radius 2 is 1.67 bits per heavy atom. The molecular weight excluding hydrogens is 552 g/mol. The smallest absolute Gasteiger partial charge is 0.322 e. The third-order valence-corrected chi connectivity index (χ3v) is 8.56. The Labute approximate surface area is 241 Å². The second-order valence-electron chi connectivity index (χ2n) is 11.0. The van der Waals surface area contributed by atoms with Gasteiger partial charge in [-0.05, 0) is 56.8 Å². The maximum atomic E-state index is 12.3. The molecule has 42 heavy (non-hydrogen) atoms. The van der Waals surface area contributed by atoms with Crippen LogP contribution in [0.15, 0.2) is 17.3 Å². The lowest BCUT2D eigenvalue weighted by Crippen LogP contribution is -2.65. The Balaban J connectivity index is 1.09. The van der Waals surface area contributed by atoms with E-state index in [0.717, 1.165) is 31.4 Å². The normalized spacial score (nSPS) is 25.9. The first-order chi connectivity index (χ1) is 20.1. The number of phenols is 1. The van der Waals surface area contributed by atoms with E-state index in [1.54, 1.807) is 6.07 Å². The van der Waals surface area contributed by atoms with Crippen molar-refractivity contribution in [2.24, 2.45) is 11.1 Å². The minimum atomic E-state index is -1.22. The fourth-order valence-corrected chi connectivity index (χ4v) is 6.76. The molecule has 1 saturated carbocycles. The van der Waals surface area contributed by atoms with E-state index in [1.807, 2.05) is 6.07 Å². The van der Waals surface area contributed by atoms with E-state index in [-0.39, 0.29) is 11.2 Å². The first-order valence-electron chi connectivity index (χ1n) is 13.8. The van der Waals surface area contributed by atoms with E-state index < -0.39 is 68.5 Å². The van der Waals surface area contributed by atoms with Crippen LogP contribution in [0, 0.1) is 5.92 Å². The van der Waals surface area contributed by atoms with Gasteiger partial charge in [-0.3, -0.25) is 24.0 Å². The van der Waals surface area contributed by atoms with Crippen molar-refractivity contribution in [1.82, 2.24) is 26.2 Å². The molecule has 1 saturated heterocycles. The number of nitrogens with zero attached hydrogens (tertiary/aromatic N) is 2. The molecule has 6 N–H and O–H groups in total. The number of carbonyl (C=O) groups is 5. The number of phenolic OH excluding ortho intramolecular Hbond substituents is 1. The molecule has 2 aliphatic carbocycles. The van der Waals surface area contributed by atoms with E-state index in [4.69, 9.17) is 14.7 Å². The van der Waals surface area contributed by atoms with Gasteiger partial charge in [0.25, 0.3) is 5.91 Å². The molecule has 4 aliphatic rings. The number of oxime groups is 1. The topological polar surface area (TPSA) is 208 Å². The zero-order valence-corrected chi connectivity index (χ0v) is 23.1. The van der Waals surface area contributed by atoms with E-state index in [9.17, 15) is 29.1 Å². The van der Waals surface area contributed by atoms with Gasteiger partial charge in [0, 0.05) is 17.0 Å². The van der Waals surface area contributed by atoms with Gasteiger partial charge in [0.15, 0.2) is 24.2 Å². The minimum absolute atomic E-state index is 0.116. The number of carbonyl (C=O) groups excluding carboxylic acids is 4. The lowest BCUT2D eigenvalue weighted by Gasteiger charge is -2.57. The Hall–Kier alpha value is -4.40. The van der Waals surface area contributed by atoms with Crippen LogP contribution in [0.2, 0.25) is 0 Å². The molecule has 0 aromatic heterocycles. The zero-order chi connectivity index (χ0) is 30.0. The molecular formula is C27H34N6O9. The van der Waals surface area contributed by atoms with Gasteiger partial charge >= 0.3 is 5.97 Å². The van der Waals surface area contributed by atoms with Crippen molar-refractivity contribution in [1.29, 1.82) is 0 Å². The maximum absolute atomic E-state index is 12.3. The number of rotatable bonds is 11. The molecule has 2 heterocycles. The average molecular weight is 587 g/mol. The van der Waals surface area contributed by atoms with E-state index in [0.29, 0.717) is 29.8 Å². The van der Waals surface area contributed by atoms with Crippen molar-refractivity contribution in [3.8, 4) is 11.5 Å². The summed E-state index contributed by atoms with van der Waals surface area (Å²) in [7, 11) is 2.16. The number of amides is 4. The second kappa shape index (κ2) is 11.8. The molecule has 15 heteroatoms. The molecule has 2 bridgehead atoms. The number of nitrogens with one attached hydrogen (secondary N) is 4. The highest BCUT2D eigenvalue weighted by atomic mass is 16.6. The third-order valence-electron chi connectivity index (χ3n) is 8.56. The summed E-state index contributed by atoms with van der Waals surface area (Å²) in [6, 6.07) is 4.05. The monoisotopic (exact) mass is 586 g/mol. The van der Waals surface area contributed by atoms with Crippen LogP contribution < -0.4 is 26.0 Å². The van der Waals surface area contributed by atoms with E-state index in [1.165, 1.54) is 5.56 Å². The highest BCUT2D eigenvalue weighted by Gasteiger charge is 2.65. The van der Waals surface area contributed by atoms with Crippen LogP contribution in [-0.2, 0) is 40.6 Å². The average Bonchev–Trinajstić information content (AvgIpc) is 3.32. The number of hydrogen-bond donors (Lipinski definition) is 6. The van der Waals surface area contributed by atoms with Crippen LogP contribution in [0.5, 0.6) is 11.5 Å². The summed E-state index contributed by atoms with van der Waals surface area (Å²) < 4.78 is 6.38. The summed E-state index contributed by atoms with van der Waals surface area (Å²) in [6.45, 7) is -1.40. The fourth-order valence-electron chi connectivity index (χ4n) is 6.76. The molecule has 1 aromatic carbocycles. The van der Waals surface area contributed by atoms with Crippen LogP contribution in [0.1, 0.15) is 30.4 Å². The molecule has 15 nitrogen and oxygen atoms in total. The Bertz CT molecular complexity index is 1330. The van der Waals surface area contributed by atoms with Crippen LogP contribution in [0.3, 0.4) is 0 Å². The molecule has 1 aromatic rings. The van der Waals surface area contributed by atoms with Crippen LogP contribution in [0.25, 0.3) is 0 Å². The molecule has 0 radical (unpaired) electrons. The number of benzene rings is 1. The summed E-state index contributed by atoms with van der Waals surface area (Å²) >= 11 is 0. The lowest BCUT2D eigenvalue weighted by atomic mass is 9.51. The second-order valence-corrected chi connectivity index (χ2v) is 11.0. The highest BCUT2D eigenvalue weighted by molar-refractivity contribution is 5.94. The number of ether oxygens (including phenoxy) is 1. The van der Waals surface area contributed by atoms with E-state index in [2.05, 4.69) is 38.4 Å². The minimum Gasteiger partial charge on any atom is -0.504 e. The maximum Gasteiger partial charge on any atom is 0.322 e. The Kier molecular flexibility index (Phi) is 8.20. The number of hydrogen-bond acceptors (Lipinski definition) is 10. The summed E-state index contributed by atoms with van der Waals surface area (Å²) in [5.74, 6) is -2.81. The van der Waals surface area contributed by atoms with Gasteiger partial charge in [-0.2, -0.15) is 0 Å². The van der Waals surface area contributed by atoms with Crippen LogP contribution in [-0.4, -0.2) is 109 Å². The van der Waals surface area contributed by atoms with Gasteiger partial charge in [0.1, 0.15) is 6.54 Å². The van der Waals surface area contributed by atoms with Crippen LogP contribution in [0.4, 0.5) is 0 Å². The summed E-state index contributed by atoms with van der Waals surface area (Å²) in [4.78, 5) is 65.6. The molecule has 2 aliphatic heterocycles. The van der Waals surface area contributed by atoms with Crippen molar-refractivity contribution < 1.29 is 43.8 Å². The van der Waals surface area contributed by atoms with Gasteiger partial charge in [-0.25, -0.2) is 0 Å². The van der Waals surface area contributed by atoms with Gasteiger partial charge in [-0.15, -0.1) is 0 Å². The first kappa shape index (κ1) is 29.1. The van der Waals surface area contributed by atoms with E-state index >= 15 is 0 Å². The van der Waals surface area contributed by atoms with Crippen molar-refractivity contribution in [2.45, 2.75) is 43.2 Å². The number of carboxylic acids is 1. The Morgan fingerprint density at radius 3 is 2.33 bits per heavy atom. The molecule has 4 amide bonds. The highest BCUT2D eigenvalue weighted by Crippen LogP contribution is 2.63. The molecule has 2 fully saturated rings. The molecule has 1 spiro atoms. The Morgan fingerprint density at radius 1 is 1.02 bits per heavy atom. The summed E-state index contributed by atoms with van der Waals surface area (Å²) in [6.07, 6.45) is 2.91. The quantitative estimate of drug-likeness (QED) is 0.157. The molecule has 226 valence electrons. The van der Waals surface area contributed by atoms with Crippen molar-refractivity contribution >= 4 is 35.3 Å². The van der Waals surface area contributed by atoms with Crippen molar-refractivity contribution in [3.63, 3.8) is 0 Å². The number of piperidine rings is 1. The predicted octanol–water partition coefficient (Wildman–Crippen LogP) is -2.02. The van der Waals surface area contributed by atoms with Gasteiger partial charge in [0.2, 0.25) is 17.7 Å². The fraction of sp³-hybridized carbons (Fsp3) is 0.556. The summed E-state index contributed by atoms with van der Waals surface area (Å²) in [5, 5.41) is 32.4. The molecule has 4 atom stereocenters.